The van der Waals surface area contributed by atoms with Crippen LogP contribution in [-0.2, 0) is 10.0 Å². The SMILES string of the molecule is CCC(C)N(CC)S(=O)(=O)c1cccnc1C(N)=S. The number of rotatable bonds is 6. The van der Waals surface area contributed by atoms with Crippen molar-refractivity contribution in [1.82, 2.24) is 9.29 Å². The first-order valence-corrected chi connectivity index (χ1v) is 7.97. The fraction of sp³-hybridized carbons (Fsp3) is 0.500. The summed E-state index contributed by atoms with van der Waals surface area (Å²) in [5.74, 6) is 0. The average molecular weight is 301 g/mol. The van der Waals surface area contributed by atoms with E-state index in [0.29, 0.717) is 6.54 Å². The predicted octanol–water partition coefficient (Wildman–Crippen LogP) is 1.52. The molecule has 106 valence electrons. The summed E-state index contributed by atoms with van der Waals surface area (Å²) in [6.45, 7) is 6.02. The first-order valence-electron chi connectivity index (χ1n) is 6.12. The van der Waals surface area contributed by atoms with Gasteiger partial charge in [0.15, 0.2) is 0 Å². The van der Waals surface area contributed by atoms with Crippen molar-refractivity contribution < 1.29 is 8.42 Å². The summed E-state index contributed by atoms with van der Waals surface area (Å²) in [5, 5.41) is 0. The molecule has 2 N–H and O–H groups in total. The molecule has 1 unspecified atom stereocenters. The van der Waals surface area contributed by atoms with Gasteiger partial charge < -0.3 is 5.73 Å². The number of thiocarbonyl (C=S) groups is 1. The van der Waals surface area contributed by atoms with E-state index in [9.17, 15) is 8.42 Å². The van der Waals surface area contributed by atoms with Gasteiger partial charge >= 0.3 is 0 Å². The average Bonchev–Trinajstić information content (AvgIpc) is 2.38. The summed E-state index contributed by atoms with van der Waals surface area (Å²) in [4.78, 5) is 4.03. The van der Waals surface area contributed by atoms with Crippen molar-refractivity contribution in [3.63, 3.8) is 0 Å². The van der Waals surface area contributed by atoms with Crippen LogP contribution in [0.2, 0.25) is 0 Å². The fourth-order valence-corrected chi connectivity index (χ4v) is 3.93. The van der Waals surface area contributed by atoms with Crippen LogP contribution < -0.4 is 5.73 Å². The second kappa shape index (κ2) is 6.40. The second-order valence-corrected chi connectivity index (χ2v) is 6.48. The minimum Gasteiger partial charge on any atom is -0.388 e. The van der Waals surface area contributed by atoms with Crippen molar-refractivity contribution >= 4 is 27.2 Å². The molecule has 0 amide bonds. The van der Waals surface area contributed by atoms with Crippen LogP contribution in [0.15, 0.2) is 23.2 Å². The van der Waals surface area contributed by atoms with E-state index in [2.05, 4.69) is 4.98 Å². The number of hydrogen-bond acceptors (Lipinski definition) is 4. The maximum Gasteiger partial charge on any atom is 0.245 e. The molecule has 5 nitrogen and oxygen atoms in total. The third-order valence-corrected chi connectivity index (χ3v) is 5.30. The summed E-state index contributed by atoms with van der Waals surface area (Å²) in [6.07, 6.45) is 2.21. The molecule has 0 radical (unpaired) electrons. The van der Waals surface area contributed by atoms with Gasteiger partial charge in [-0.1, -0.05) is 26.1 Å². The lowest BCUT2D eigenvalue weighted by atomic mass is 10.3. The lowest BCUT2D eigenvalue weighted by molar-refractivity contribution is 0.342. The topological polar surface area (TPSA) is 76.3 Å². The molecule has 1 heterocycles. The first kappa shape index (κ1) is 16.0. The maximum atomic E-state index is 12.7. The lowest BCUT2D eigenvalue weighted by Gasteiger charge is -2.26. The number of pyridine rings is 1. The standard InChI is InChI=1S/C12H19N3O2S2/c1-4-9(3)15(5-2)19(16,17)10-7-6-8-14-11(10)12(13)18/h6-9H,4-5H2,1-3H3,(H2,13,18). The molecule has 0 aliphatic rings. The Morgan fingerprint density at radius 3 is 2.63 bits per heavy atom. The van der Waals surface area contributed by atoms with Gasteiger partial charge in [-0.2, -0.15) is 4.31 Å². The molecule has 0 aromatic carbocycles. The number of sulfonamides is 1. The summed E-state index contributed by atoms with van der Waals surface area (Å²) in [6, 6.07) is 2.97. The molecule has 0 aliphatic heterocycles. The Bertz CT molecular complexity index is 558. The zero-order chi connectivity index (χ0) is 14.6. The molecule has 0 saturated heterocycles. The molecule has 0 bridgehead atoms. The van der Waals surface area contributed by atoms with E-state index in [1.807, 2.05) is 13.8 Å². The molecular formula is C12H19N3O2S2. The predicted molar refractivity (Wildman–Crippen MR) is 79.4 cm³/mol. The highest BCUT2D eigenvalue weighted by Gasteiger charge is 2.29. The monoisotopic (exact) mass is 301 g/mol. The molecule has 1 rings (SSSR count). The van der Waals surface area contributed by atoms with Crippen molar-refractivity contribution in [3.8, 4) is 0 Å². The molecule has 19 heavy (non-hydrogen) atoms. The summed E-state index contributed by atoms with van der Waals surface area (Å²) in [5.41, 5.74) is 5.70. The van der Waals surface area contributed by atoms with Crippen LogP contribution in [-0.4, -0.2) is 35.3 Å². The van der Waals surface area contributed by atoms with Crippen molar-refractivity contribution in [2.24, 2.45) is 5.73 Å². The van der Waals surface area contributed by atoms with Crippen molar-refractivity contribution in [2.75, 3.05) is 6.54 Å². The Morgan fingerprint density at radius 2 is 2.16 bits per heavy atom. The Kier molecular flexibility index (Phi) is 5.39. The van der Waals surface area contributed by atoms with E-state index >= 15 is 0 Å². The Balaban J connectivity index is 3.38. The van der Waals surface area contributed by atoms with Crippen LogP contribution in [0.4, 0.5) is 0 Å². The third-order valence-electron chi connectivity index (χ3n) is 2.98. The summed E-state index contributed by atoms with van der Waals surface area (Å²) < 4.78 is 26.8. The van der Waals surface area contributed by atoms with Gasteiger partial charge in [0.2, 0.25) is 10.0 Å². The second-order valence-electron chi connectivity index (χ2n) is 4.18. The van der Waals surface area contributed by atoms with Crippen LogP contribution >= 0.6 is 12.2 Å². The molecular weight excluding hydrogens is 282 g/mol. The van der Waals surface area contributed by atoms with Crippen molar-refractivity contribution in [2.45, 2.75) is 38.1 Å². The van der Waals surface area contributed by atoms with Gasteiger partial charge in [-0.25, -0.2) is 8.42 Å². The number of nitrogens with two attached hydrogens (primary N) is 1. The maximum absolute atomic E-state index is 12.7. The van der Waals surface area contributed by atoms with E-state index in [0.717, 1.165) is 6.42 Å². The highest BCUT2D eigenvalue weighted by atomic mass is 32.2. The molecule has 0 spiro atoms. The zero-order valence-corrected chi connectivity index (χ0v) is 13.0. The molecule has 0 fully saturated rings. The van der Waals surface area contributed by atoms with Gasteiger partial charge in [0.25, 0.3) is 0 Å². The third kappa shape index (κ3) is 3.29. The van der Waals surface area contributed by atoms with Gasteiger partial charge in [-0.3, -0.25) is 4.98 Å². The lowest BCUT2D eigenvalue weighted by Crippen LogP contribution is -2.39. The van der Waals surface area contributed by atoms with Gasteiger partial charge in [-0.05, 0) is 25.5 Å². The zero-order valence-electron chi connectivity index (χ0n) is 11.3. The fourth-order valence-electron chi connectivity index (χ4n) is 1.83. The first-order chi connectivity index (χ1) is 8.86. The number of hydrogen-bond donors (Lipinski definition) is 1. The molecule has 1 aromatic heterocycles. The molecule has 0 aliphatic carbocycles. The van der Waals surface area contributed by atoms with E-state index in [1.54, 1.807) is 13.0 Å². The normalized spacial score (nSPS) is 13.5. The van der Waals surface area contributed by atoms with Crippen LogP contribution in [0.25, 0.3) is 0 Å². The van der Waals surface area contributed by atoms with Crippen LogP contribution in [0, 0.1) is 0 Å². The molecule has 7 heteroatoms. The Labute approximate surface area is 119 Å². The van der Waals surface area contributed by atoms with Gasteiger partial charge in [0, 0.05) is 18.8 Å². The Morgan fingerprint density at radius 1 is 1.53 bits per heavy atom. The number of aromatic nitrogens is 1. The van der Waals surface area contributed by atoms with Crippen molar-refractivity contribution in [1.29, 1.82) is 0 Å². The summed E-state index contributed by atoms with van der Waals surface area (Å²) in [7, 11) is -3.63. The number of nitrogens with zero attached hydrogens (tertiary/aromatic N) is 2. The summed E-state index contributed by atoms with van der Waals surface area (Å²) >= 11 is 4.87. The Hall–Kier alpha value is -1.05. The molecule has 1 aromatic rings. The largest absolute Gasteiger partial charge is 0.388 e. The minimum absolute atomic E-state index is 0.0145. The van der Waals surface area contributed by atoms with E-state index in [1.165, 1.54) is 16.6 Å². The van der Waals surface area contributed by atoms with Crippen LogP contribution in [0.5, 0.6) is 0 Å². The van der Waals surface area contributed by atoms with Crippen LogP contribution in [0.1, 0.15) is 32.9 Å². The highest BCUT2D eigenvalue weighted by molar-refractivity contribution is 7.89. The van der Waals surface area contributed by atoms with Crippen LogP contribution in [0.3, 0.4) is 0 Å². The van der Waals surface area contributed by atoms with E-state index in [-0.39, 0.29) is 21.6 Å². The van der Waals surface area contributed by atoms with Gasteiger partial charge in [0.1, 0.15) is 15.6 Å². The quantitative estimate of drug-likeness (QED) is 0.806. The van der Waals surface area contributed by atoms with E-state index in [4.69, 9.17) is 18.0 Å². The van der Waals surface area contributed by atoms with Crippen molar-refractivity contribution in [3.05, 3.63) is 24.0 Å². The highest BCUT2D eigenvalue weighted by Crippen LogP contribution is 2.21. The minimum atomic E-state index is -3.63. The molecule has 0 saturated carbocycles. The smallest absolute Gasteiger partial charge is 0.245 e. The van der Waals surface area contributed by atoms with Gasteiger partial charge in [0.05, 0.1) is 0 Å². The molecule has 1 atom stereocenters. The van der Waals surface area contributed by atoms with Gasteiger partial charge in [-0.15, -0.1) is 0 Å². The van der Waals surface area contributed by atoms with E-state index < -0.39 is 10.0 Å².